The van der Waals surface area contributed by atoms with Crippen molar-refractivity contribution < 1.29 is 0 Å². The Bertz CT molecular complexity index is 121. The van der Waals surface area contributed by atoms with Gasteiger partial charge >= 0.3 is 0 Å². The first-order valence-corrected chi connectivity index (χ1v) is 7.33. The zero-order chi connectivity index (χ0) is 10.9. The van der Waals surface area contributed by atoms with Crippen LogP contribution in [0.2, 0.25) is 0 Å². The van der Waals surface area contributed by atoms with E-state index in [9.17, 15) is 0 Å². The molecule has 0 aromatic heterocycles. The first kappa shape index (κ1) is 14.3. The molecule has 1 nitrogen and oxygen atoms in total. The Morgan fingerprint density at radius 3 is 2.21 bits per heavy atom. The summed E-state index contributed by atoms with van der Waals surface area (Å²) in [6.07, 6.45) is 10.0. The number of unbranched alkanes of at least 4 members (excludes halogenated alkanes) is 1. The van der Waals surface area contributed by atoms with Crippen molar-refractivity contribution in [2.45, 2.75) is 52.4 Å². The highest BCUT2D eigenvalue weighted by atomic mass is 32.2. The summed E-state index contributed by atoms with van der Waals surface area (Å²) in [5.41, 5.74) is 6.38. The lowest BCUT2D eigenvalue weighted by atomic mass is 9.76. The number of thioether (sulfide) groups is 1. The van der Waals surface area contributed by atoms with Crippen molar-refractivity contribution in [3.05, 3.63) is 0 Å². The highest BCUT2D eigenvalue weighted by Crippen LogP contribution is 2.33. The Morgan fingerprint density at radius 1 is 1.14 bits per heavy atom. The largest absolute Gasteiger partial charge is 0.330 e. The topological polar surface area (TPSA) is 26.0 Å². The average Bonchev–Trinajstić information content (AvgIpc) is 2.24. The van der Waals surface area contributed by atoms with E-state index in [0.29, 0.717) is 5.41 Å². The van der Waals surface area contributed by atoms with Crippen LogP contribution in [0.5, 0.6) is 0 Å². The monoisotopic (exact) mass is 217 g/mol. The highest BCUT2D eigenvalue weighted by molar-refractivity contribution is 7.98. The number of hydrogen-bond acceptors (Lipinski definition) is 2. The SMILES string of the molecule is CCCCC(CC)(CN)CCCSC. The van der Waals surface area contributed by atoms with Gasteiger partial charge < -0.3 is 5.73 Å². The molecule has 0 aromatic carbocycles. The van der Waals surface area contributed by atoms with Gasteiger partial charge in [0.05, 0.1) is 0 Å². The van der Waals surface area contributed by atoms with Crippen LogP contribution >= 0.6 is 11.8 Å². The Kier molecular flexibility index (Phi) is 8.80. The zero-order valence-corrected chi connectivity index (χ0v) is 11.0. The Hall–Kier alpha value is 0.310. The first-order valence-electron chi connectivity index (χ1n) is 5.93. The standard InChI is InChI=1S/C12H27NS/c1-4-6-8-12(5-2,11-13)9-7-10-14-3/h4-11,13H2,1-3H3. The molecule has 0 aliphatic rings. The lowest BCUT2D eigenvalue weighted by Crippen LogP contribution is -2.30. The van der Waals surface area contributed by atoms with Gasteiger partial charge in [-0.3, -0.25) is 0 Å². The predicted molar refractivity (Wildman–Crippen MR) is 68.9 cm³/mol. The van der Waals surface area contributed by atoms with E-state index in [-0.39, 0.29) is 0 Å². The summed E-state index contributed by atoms with van der Waals surface area (Å²) in [4.78, 5) is 0. The molecule has 0 aliphatic heterocycles. The maximum Gasteiger partial charge on any atom is -0.00206 e. The smallest absolute Gasteiger partial charge is 0.00206 e. The molecule has 1 unspecified atom stereocenters. The summed E-state index contributed by atoms with van der Waals surface area (Å²) in [5.74, 6) is 1.29. The lowest BCUT2D eigenvalue weighted by molar-refractivity contribution is 0.230. The molecular formula is C12H27NS. The molecule has 0 spiro atoms. The second-order valence-corrected chi connectivity index (χ2v) is 5.24. The summed E-state index contributed by atoms with van der Waals surface area (Å²) in [6.45, 7) is 5.43. The fourth-order valence-corrected chi connectivity index (χ4v) is 2.40. The summed E-state index contributed by atoms with van der Waals surface area (Å²) < 4.78 is 0. The quantitative estimate of drug-likeness (QED) is 0.596. The Labute approximate surface area is 94.2 Å². The van der Waals surface area contributed by atoms with E-state index < -0.39 is 0 Å². The Morgan fingerprint density at radius 2 is 1.79 bits per heavy atom. The van der Waals surface area contributed by atoms with Gasteiger partial charge in [0.25, 0.3) is 0 Å². The van der Waals surface area contributed by atoms with Crippen molar-refractivity contribution in [1.29, 1.82) is 0 Å². The first-order chi connectivity index (χ1) is 6.74. The van der Waals surface area contributed by atoms with Crippen LogP contribution < -0.4 is 5.73 Å². The summed E-state index contributed by atoms with van der Waals surface area (Å²) in [6, 6.07) is 0. The summed E-state index contributed by atoms with van der Waals surface area (Å²) in [7, 11) is 0. The minimum Gasteiger partial charge on any atom is -0.330 e. The van der Waals surface area contributed by atoms with Crippen LogP contribution in [0.15, 0.2) is 0 Å². The van der Waals surface area contributed by atoms with Crippen molar-refractivity contribution in [2.75, 3.05) is 18.6 Å². The van der Waals surface area contributed by atoms with Gasteiger partial charge in [0.1, 0.15) is 0 Å². The third-order valence-corrected chi connectivity index (χ3v) is 4.00. The van der Waals surface area contributed by atoms with Crippen LogP contribution in [0.1, 0.15) is 52.4 Å². The average molecular weight is 217 g/mol. The molecule has 0 saturated carbocycles. The molecule has 0 aliphatic carbocycles. The molecular weight excluding hydrogens is 190 g/mol. The van der Waals surface area contributed by atoms with Crippen molar-refractivity contribution in [3.8, 4) is 0 Å². The van der Waals surface area contributed by atoms with Gasteiger partial charge in [-0.05, 0) is 49.7 Å². The van der Waals surface area contributed by atoms with Crippen LogP contribution in [0, 0.1) is 5.41 Å². The summed E-state index contributed by atoms with van der Waals surface area (Å²) in [5, 5.41) is 0. The van der Waals surface area contributed by atoms with Crippen molar-refractivity contribution >= 4 is 11.8 Å². The molecule has 0 bridgehead atoms. The molecule has 0 amide bonds. The van der Waals surface area contributed by atoms with Crippen LogP contribution in [-0.2, 0) is 0 Å². The van der Waals surface area contributed by atoms with Crippen molar-refractivity contribution in [1.82, 2.24) is 0 Å². The van der Waals surface area contributed by atoms with Crippen molar-refractivity contribution in [3.63, 3.8) is 0 Å². The molecule has 2 N–H and O–H groups in total. The van der Waals surface area contributed by atoms with Gasteiger partial charge in [0, 0.05) is 0 Å². The number of rotatable bonds is 9. The fraction of sp³-hybridized carbons (Fsp3) is 1.00. The molecule has 0 rings (SSSR count). The predicted octanol–water partition coefficient (Wildman–Crippen LogP) is 3.67. The molecule has 0 fully saturated rings. The minimum atomic E-state index is 0.450. The molecule has 86 valence electrons. The van der Waals surface area contributed by atoms with Crippen LogP contribution in [0.4, 0.5) is 0 Å². The van der Waals surface area contributed by atoms with Crippen LogP contribution in [0.3, 0.4) is 0 Å². The van der Waals surface area contributed by atoms with Gasteiger partial charge in [0.2, 0.25) is 0 Å². The summed E-state index contributed by atoms with van der Waals surface area (Å²) >= 11 is 1.95. The van der Waals surface area contributed by atoms with Gasteiger partial charge in [-0.25, -0.2) is 0 Å². The third-order valence-electron chi connectivity index (χ3n) is 3.30. The van der Waals surface area contributed by atoms with Crippen molar-refractivity contribution in [2.24, 2.45) is 11.1 Å². The fourth-order valence-electron chi connectivity index (χ4n) is 1.97. The van der Waals surface area contributed by atoms with E-state index in [1.807, 2.05) is 11.8 Å². The second-order valence-electron chi connectivity index (χ2n) is 4.26. The normalized spacial score (nSPS) is 15.4. The highest BCUT2D eigenvalue weighted by Gasteiger charge is 2.24. The van der Waals surface area contributed by atoms with Crippen LogP contribution in [0.25, 0.3) is 0 Å². The van der Waals surface area contributed by atoms with E-state index in [2.05, 4.69) is 20.1 Å². The number of hydrogen-bond donors (Lipinski definition) is 1. The van der Waals surface area contributed by atoms with Gasteiger partial charge in [-0.2, -0.15) is 11.8 Å². The zero-order valence-electron chi connectivity index (χ0n) is 10.1. The van der Waals surface area contributed by atoms with E-state index in [4.69, 9.17) is 5.73 Å². The van der Waals surface area contributed by atoms with Gasteiger partial charge in [-0.15, -0.1) is 0 Å². The van der Waals surface area contributed by atoms with E-state index >= 15 is 0 Å². The Balaban J connectivity index is 3.94. The lowest BCUT2D eigenvalue weighted by Gasteiger charge is -2.31. The molecule has 0 heterocycles. The molecule has 0 aromatic rings. The molecule has 1 atom stereocenters. The maximum absolute atomic E-state index is 5.93. The third kappa shape index (κ3) is 5.26. The van der Waals surface area contributed by atoms with Crippen LogP contribution in [-0.4, -0.2) is 18.6 Å². The molecule has 0 radical (unpaired) electrons. The van der Waals surface area contributed by atoms with E-state index in [1.54, 1.807) is 0 Å². The van der Waals surface area contributed by atoms with Gasteiger partial charge in [-0.1, -0.05) is 26.7 Å². The minimum absolute atomic E-state index is 0.450. The maximum atomic E-state index is 5.93. The second kappa shape index (κ2) is 8.60. The van der Waals surface area contributed by atoms with E-state index in [0.717, 1.165) is 6.54 Å². The number of nitrogens with two attached hydrogens (primary N) is 1. The van der Waals surface area contributed by atoms with E-state index in [1.165, 1.54) is 44.3 Å². The molecule has 14 heavy (non-hydrogen) atoms. The molecule has 2 heteroatoms. The van der Waals surface area contributed by atoms with Gasteiger partial charge in [0.15, 0.2) is 0 Å². The molecule has 0 saturated heterocycles.